The van der Waals surface area contributed by atoms with Crippen LogP contribution in [0.25, 0.3) is 0 Å². The average molecular weight is 473 g/mol. The van der Waals surface area contributed by atoms with E-state index in [9.17, 15) is 9.59 Å². The van der Waals surface area contributed by atoms with Crippen molar-refractivity contribution in [2.45, 2.75) is 32.2 Å². The maximum absolute atomic E-state index is 12.9. The summed E-state index contributed by atoms with van der Waals surface area (Å²) in [7, 11) is 1.64. The zero-order chi connectivity index (χ0) is 23.4. The standard InChI is InChI=1S/C24H32N4O4S/c1-16(23(30)26-24-21(22(25)29)19-4-3-5-20(19)33-24)28-12-10-27(11-13-28)14-15-32-18-8-6-17(31-2)7-9-18/h6-9,16H,3-5,10-15H2,1-2H3,(H2,25,29)(H,26,30)/t16-/m1/s1. The SMILES string of the molecule is COc1ccc(OCCN2CCN([C@H](C)C(=O)Nc3sc4c(c3C(N)=O)CCC4)CC2)cc1. The molecule has 2 aliphatic rings. The maximum atomic E-state index is 12.9. The number of hydrogen-bond donors (Lipinski definition) is 2. The van der Waals surface area contributed by atoms with Crippen LogP contribution in [0.2, 0.25) is 0 Å². The number of nitrogens with zero attached hydrogens (tertiary/aromatic N) is 2. The van der Waals surface area contributed by atoms with Gasteiger partial charge in [-0.15, -0.1) is 11.3 Å². The molecule has 1 aliphatic carbocycles. The second kappa shape index (κ2) is 10.5. The highest BCUT2D eigenvalue weighted by molar-refractivity contribution is 7.17. The number of carbonyl (C=O) groups excluding carboxylic acids is 2. The third-order valence-electron chi connectivity index (χ3n) is 6.47. The molecule has 4 rings (SSSR count). The van der Waals surface area contributed by atoms with Crippen LogP contribution in [0.4, 0.5) is 5.00 Å². The number of nitrogens with one attached hydrogen (secondary N) is 1. The number of thiophene rings is 1. The van der Waals surface area contributed by atoms with Crippen molar-refractivity contribution in [2.75, 3.05) is 51.8 Å². The minimum atomic E-state index is -0.456. The van der Waals surface area contributed by atoms with Gasteiger partial charge in [0, 0.05) is 37.6 Å². The van der Waals surface area contributed by atoms with Crippen LogP contribution in [0.15, 0.2) is 24.3 Å². The van der Waals surface area contributed by atoms with Crippen molar-refractivity contribution in [2.24, 2.45) is 5.73 Å². The molecule has 9 heteroatoms. The largest absolute Gasteiger partial charge is 0.497 e. The fourth-order valence-corrected chi connectivity index (χ4v) is 5.77. The van der Waals surface area contributed by atoms with Gasteiger partial charge in [0.25, 0.3) is 5.91 Å². The van der Waals surface area contributed by atoms with Crippen LogP contribution >= 0.6 is 11.3 Å². The lowest BCUT2D eigenvalue weighted by molar-refractivity contribution is -0.121. The van der Waals surface area contributed by atoms with Crippen molar-refractivity contribution in [1.29, 1.82) is 0 Å². The van der Waals surface area contributed by atoms with Gasteiger partial charge in [-0.05, 0) is 56.0 Å². The molecule has 33 heavy (non-hydrogen) atoms. The first kappa shape index (κ1) is 23.5. The number of hydrogen-bond acceptors (Lipinski definition) is 7. The summed E-state index contributed by atoms with van der Waals surface area (Å²) in [5.74, 6) is 1.09. The van der Waals surface area contributed by atoms with Crippen LogP contribution in [0.3, 0.4) is 0 Å². The summed E-state index contributed by atoms with van der Waals surface area (Å²) < 4.78 is 11.0. The molecule has 0 spiro atoms. The minimum Gasteiger partial charge on any atom is -0.497 e. The van der Waals surface area contributed by atoms with Crippen molar-refractivity contribution in [3.8, 4) is 11.5 Å². The number of piperazine rings is 1. The van der Waals surface area contributed by atoms with E-state index in [0.717, 1.165) is 69.0 Å². The molecule has 1 aromatic heterocycles. The number of aryl methyl sites for hydroxylation is 1. The summed E-state index contributed by atoms with van der Waals surface area (Å²) in [6.45, 7) is 6.74. The highest BCUT2D eigenvalue weighted by Gasteiger charge is 2.29. The van der Waals surface area contributed by atoms with E-state index in [2.05, 4.69) is 15.1 Å². The van der Waals surface area contributed by atoms with E-state index in [1.54, 1.807) is 7.11 Å². The van der Waals surface area contributed by atoms with Gasteiger partial charge >= 0.3 is 0 Å². The van der Waals surface area contributed by atoms with E-state index in [-0.39, 0.29) is 11.9 Å². The first-order valence-corrected chi connectivity index (χ1v) is 12.3. The molecule has 2 amide bonds. The van der Waals surface area contributed by atoms with Gasteiger partial charge in [-0.3, -0.25) is 19.4 Å². The van der Waals surface area contributed by atoms with E-state index >= 15 is 0 Å². The molecule has 1 aromatic carbocycles. The van der Waals surface area contributed by atoms with Gasteiger partial charge in [-0.2, -0.15) is 0 Å². The fourth-order valence-electron chi connectivity index (χ4n) is 4.47. The van der Waals surface area contributed by atoms with Crippen molar-refractivity contribution in [3.05, 3.63) is 40.3 Å². The lowest BCUT2D eigenvalue weighted by Gasteiger charge is -2.37. The van der Waals surface area contributed by atoms with Gasteiger partial charge in [0.15, 0.2) is 0 Å². The van der Waals surface area contributed by atoms with Crippen LogP contribution in [0, 0.1) is 0 Å². The minimum absolute atomic E-state index is 0.0892. The highest BCUT2D eigenvalue weighted by atomic mass is 32.1. The number of rotatable bonds is 9. The second-order valence-corrected chi connectivity index (χ2v) is 9.60. The first-order valence-electron chi connectivity index (χ1n) is 11.4. The molecule has 1 atom stereocenters. The van der Waals surface area contributed by atoms with E-state index < -0.39 is 5.91 Å². The zero-order valence-corrected chi connectivity index (χ0v) is 20.1. The zero-order valence-electron chi connectivity index (χ0n) is 19.3. The molecule has 3 N–H and O–H groups in total. The number of nitrogens with two attached hydrogens (primary N) is 1. The lowest BCUT2D eigenvalue weighted by atomic mass is 10.1. The number of fused-ring (bicyclic) bond motifs is 1. The second-order valence-electron chi connectivity index (χ2n) is 8.49. The number of primary amides is 1. The fraction of sp³-hybridized carbons (Fsp3) is 0.500. The first-order chi connectivity index (χ1) is 16.0. The molecule has 1 fully saturated rings. The topological polar surface area (TPSA) is 97.1 Å². The van der Waals surface area contributed by atoms with Gasteiger partial charge in [0.2, 0.25) is 5.91 Å². The number of benzene rings is 1. The predicted octanol–water partition coefficient (Wildman–Crippen LogP) is 2.37. The smallest absolute Gasteiger partial charge is 0.251 e. The van der Waals surface area contributed by atoms with Gasteiger partial charge in [-0.1, -0.05) is 0 Å². The Labute approximate surface area is 198 Å². The van der Waals surface area contributed by atoms with Crippen LogP contribution in [0.1, 0.15) is 34.1 Å². The summed E-state index contributed by atoms with van der Waals surface area (Å²) in [6.07, 6.45) is 2.86. The molecular formula is C24H32N4O4S. The maximum Gasteiger partial charge on any atom is 0.251 e. The Morgan fingerprint density at radius 3 is 2.48 bits per heavy atom. The molecule has 0 radical (unpaired) electrons. The van der Waals surface area contributed by atoms with Gasteiger partial charge in [0.05, 0.1) is 18.7 Å². The molecule has 1 saturated heterocycles. The van der Waals surface area contributed by atoms with Crippen LogP contribution < -0.4 is 20.5 Å². The van der Waals surface area contributed by atoms with E-state index in [1.165, 1.54) is 16.2 Å². The number of carbonyl (C=O) groups is 2. The van der Waals surface area contributed by atoms with Gasteiger partial charge in [0.1, 0.15) is 23.1 Å². The van der Waals surface area contributed by atoms with Crippen LogP contribution in [0.5, 0.6) is 11.5 Å². The van der Waals surface area contributed by atoms with Crippen LogP contribution in [-0.2, 0) is 17.6 Å². The summed E-state index contributed by atoms with van der Waals surface area (Å²) >= 11 is 1.50. The molecule has 178 valence electrons. The van der Waals surface area contributed by atoms with E-state index in [0.29, 0.717) is 17.2 Å². The Morgan fingerprint density at radius 2 is 1.82 bits per heavy atom. The predicted molar refractivity (Wildman–Crippen MR) is 129 cm³/mol. The molecule has 0 bridgehead atoms. The summed E-state index contributed by atoms with van der Waals surface area (Å²) in [6, 6.07) is 7.31. The Bertz CT molecular complexity index is 983. The third-order valence-corrected chi connectivity index (χ3v) is 7.68. The molecule has 2 aromatic rings. The number of methoxy groups -OCH3 is 1. The average Bonchev–Trinajstić information content (AvgIpc) is 3.40. The molecule has 0 saturated carbocycles. The monoisotopic (exact) mass is 472 g/mol. The molecule has 0 unspecified atom stereocenters. The highest BCUT2D eigenvalue weighted by Crippen LogP contribution is 2.39. The Hall–Kier alpha value is -2.62. The summed E-state index contributed by atoms with van der Waals surface area (Å²) in [5.41, 5.74) is 7.15. The molecular weight excluding hydrogens is 440 g/mol. The van der Waals surface area contributed by atoms with Gasteiger partial charge in [-0.25, -0.2) is 0 Å². The summed E-state index contributed by atoms with van der Waals surface area (Å²) in [4.78, 5) is 30.6. The van der Waals surface area contributed by atoms with E-state index in [4.69, 9.17) is 15.2 Å². The quantitative estimate of drug-likeness (QED) is 0.582. The Kier molecular flexibility index (Phi) is 7.52. The number of ether oxygens (including phenoxy) is 2. The molecule has 2 heterocycles. The Morgan fingerprint density at radius 1 is 1.12 bits per heavy atom. The third kappa shape index (κ3) is 5.48. The molecule has 1 aliphatic heterocycles. The summed E-state index contributed by atoms with van der Waals surface area (Å²) in [5, 5.41) is 3.59. The normalized spacial score (nSPS) is 17.4. The van der Waals surface area contributed by atoms with Crippen molar-refractivity contribution in [1.82, 2.24) is 9.80 Å². The van der Waals surface area contributed by atoms with E-state index in [1.807, 2.05) is 31.2 Å². The molecule has 8 nitrogen and oxygen atoms in total. The van der Waals surface area contributed by atoms with Crippen molar-refractivity contribution in [3.63, 3.8) is 0 Å². The van der Waals surface area contributed by atoms with Crippen molar-refractivity contribution < 1.29 is 19.1 Å². The Balaban J connectivity index is 1.23. The van der Waals surface area contributed by atoms with Crippen molar-refractivity contribution >= 4 is 28.2 Å². The lowest BCUT2D eigenvalue weighted by Crippen LogP contribution is -2.53. The van der Waals surface area contributed by atoms with Crippen LogP contribution in [-0.4, -0.2) is 74.1 Å². The van der Waals surface area contributed by atoms with Gasteiger partial charge < -0.3 is 20.5 Å². The number of amides is 2. The number of anilines is 1.